The lowest BCUT2D eigenvalue weighted by Gasteiger charge is -2.14. The maximum atomic E-state index is 12.3. The van der Waals surface area contributed by atoms with Crippen LogP contribution in [0.5, 0.6) is 0 Å². The molecule has 1 aromatic carbocycles. The quantitative estimate of drug-likeness (QED) is 0.892. The molecule has 1 saturated carbocycles. The third kappa shape index (κ3) is 4.21. The molecule has 4 nitrogen and oxygen atoms in total. The first-order chi connectivity index (χ1) is 9.97. The van der Waals surface area contributed by atoms with E-state index in [9.17, 15) is 9.59 Å². The smallest absolute Gasteiger partial charge is 0.253 e. The number of anilines is 1. The molecule has 0 saturated heterocycles. The number of carbonyl (C=O) groups excluding carboxylic acids is 2. The molecule has 1 aliphatic rings. The van der Waals surface area contributed by atoms with Crippen molar-refractivity contribution in [3.05, 3.63) is 28.8 Å². The van der Waals surface area contributed by atoms with Crippen LogP contribution in [-0.4, -0.2) is 17.9 Å². The van der Waals surface area contributed by atoms with Gasteiger partial charge in [-0.1, -0.05) is 38.3 Å². The molecule has 0 heterocycles. The van der Waals surface area contributed by atoms with Gasteiger partial charge in [0, 0.05) is 17.6 Å². The van der Waals surface area contributed by atoms with Gasteiger partial charge < -0.3 is 10.6 Å². The van der Waals surface area contributed by atoms with E-state index in [1.165, 1.54) is 0 Å². The van der Waals surface area contributed by atoms with E-state index in [1.54, 1.807) is 18.2 Å². The maximum Gasteiger partial charge on any atom is 0.253 e. The molecule has 0 unspecified atom stereocenters. The highest BCUT2D eigenvalue weighted by atomic mass is 35.5. The van der Waals surface area contributed by atoms with Crippen LogP contribution in [0.15, 0.2) is 18.2 Å². The van der Waals surface area contributed by atoms with Crippen LogP contribution in [-0.2, 0) is 4.79 Å². The van der Waals surface area contributed by atoms with E-state index in [0.717, 1.165) is 25.7 Å². The Hall–Kier alpha value is -1.55. The summed E-state index contributed by atoms with van der Waals surface area (Å²) in [4.78, 5) is 24.0. The van der Waals surface area contributed by atoms with Crippen LogP contribution < -0.4 is 10.6 Å². The van der Waals surface area contributed by atoms with E-state index >= 15 is 0 Å². The molecular formula is C16H21ClN2O2. The summed E-state index contributed by atoms with van der Waals surface area (Å²) in [5, 5.41) is 6.18. The van der Waals surface area contributed by atoms with Crippen LogP contribution >= 0.6 is 11.6 Å². The molecular weight excluding hydrogens is 288 g/mol. The second kappa shape index (κ2) is 6.94. The van der Waals surface area contributed by atoms with E-state index in [1.807, 2.05) is 13.8 Å². The Balaban J connectivity index is 2.10. The third-order valence-electron chi connectivity index (χ3n) is 3.69. The summed E-state index contributed by atoms with van der Waals surface area (Å²) < 4.78 is 0. The van der Waals surface area contributed by atoms with Crippen LogP contribution in [0.25, 0.3) is 0 Å². The number of hydrogen-bond donors (Lipinski definition) is 2. The molecule has 0 spiro atoms. The number of nitrogens with one attached hydrogen (secondary N) is 2. The molecule has 0 aromatic heterocycles. The fourth-order valence-corrected chi connectivity index (χ4v) is 2.60. The van der Waals surface area contributed by atoms with Crippen LogP contribution in [0.2, 0.25) is 5.02 Å². The topological polar surface area (TPSA) is 58.2 Å². The summed E-state index contributed by atoms with van der Waals surface area (Å²) in [6, 6.07) is 5.21. The van der Waals surface area contributed by atoms with Crippen LogP contribution in [0.4, 0.5) is 5.69 Å². The molecule has 0 aliphatic heterocycles. The van der Waals surface area contributed by atoms with Crippen LogP contribution in [0, 0.1) is 5.92 Å². The fourth-order valence-electron chi connectivity index (χ4n) is 2.40. The number of halogens is 1. The minimum atomic E-state index is -0.174. The molecule has 2 rings (SSSR count). The molecule has 2 N–H and O–H groups in total. The SMILES string of the molecule is CC(C)C(=O)Nc1ccc(Cl)c(C(=O)NC2CCCC2)c1. The molecule has 0 atom stereocenters. The van der Waals surface area contributed by atoms with E-state index in [-0.39, 0.29) is 23.8 Å². The summed E-state index contributed by atoms with van der Waals surface area (Å²) in [7, 11) is 0. The van der Waals surface area contributed by atoms with Crippen molar-refractivity contribution in [3.63, 3.8) is 0 Å². The Morgan fingerprint density at radius 2 is 1.90 bits per heavy atom. The van der Waals surface area contributed by atoms with Crippen molar-refractivity contribution in [1.82, 2.24) is 5.32 Å². The van der Waals surface area contributed by atoms with Crippen molar-refractivity contribution in [3.8, 4) is 0 Å². The first-order valence-electron chi connectivity index (χ1n) is 7.38. The predicted octanol–water partition coefficient (Wildman–Crippen LogP) is 3.61. The van der Waals surface area contributed by atoms with E-state index in [2.05, 4.69) is 10.6 Å². The van der Waals surface area contributed by atoms with Gasteiger partial charge in [-0.2, -0.15) is 0 Å². The Kier molecular flexibility index (Phi) is 5.23. The lowest BCUT2D eigenvalue weighted by molar-refractivity contribution is -0.118. The van der Waals surface area contributed by atoms with Crippen LogP contribution in [0.1, 0.15) is 49.9 Å². The summed E-state index contributed by atoms with van der Waals surface area (Å²) >= 11 is 6.10. The van der Waals surface area contributed by atoms with Crippen LogP contribution in [0.3, 0.4) is 0 Å². The van der Waals surface area contributed by atoms with Crippen molar-refractivity contribution in [2.24, 2.45) is 5.92 Å². The standard InChI is InChI=1S/C16H21ClN2O2/c1-10(2)15(20)19-12-7-8-14(17)13(9-12)16(21)18-11-5-3-4-6-11/h7-11H,3-6H2,1-2H3,(H,18,21)(H,19,20). The normalized spacial score (nSPS) is 15.2. The molecule has 114 valence electrons. The Labute approximate surface area is 130 Å². The highest BCUT2D eigenvalue weighted by Gasteiger charge is 2.20. The predicted molar refractivity (Wildman–Crippen MR) is 84.6 cm³/mol. The zero-order valence-corrected chi connectivity index (χ0v) is 13.2. The maximum absolute atomic E-state index is 12.3. The Bertz CT molecular complexity index is 537. The van der Waals surface area contributed by atoms with Gasteiger partial charge in [-0.25, -0.2) is 0 Å². The van der Waals surface area contributed by atoms with E-state index in [0.29, 0.717) is 16.3 Å². The first kappa shape index (κ1) is 15.8. The number of carbonyl (C=O) groups is 2. The zero-order chi connectivity index (χ0) is 15.4. The van der Waals surface area contributed by atoms with Crippen molar-refractivity contribution in [2.75, 3.05) is 5.32 Å². The van der Waals surface area contributed by atoms with E-state index < -0.39 is 0 Å². The molecule has 1 fully saturated rings. The van der Waals surface area contributed by atoms with Gasteiger partial charge in [-0.3, -0.25) is 9.59 Å². The molecule has 0 bridgehead atoms. The summed E-state index contributed by atoms with van der Waals surface area (Å²) in [5.41, 5.74) is 1.000. The summed E-state index contributed by atoms with van der Waals surface area (Å²) in [6.07, 6.45) is 4.35. The van der Waals surface area contributed by atoms with Gasteiger partial charge in [0.15, 0.2) is 0 Å². The fraction of sp³-hybridized carbons (Fsp3) is 0.500. The van der Waals surface area contributed by atoms with Crippen molar-refractivity contribution >= 4 is 29.1 Å². The lowest BCUT2D eigenvalue weighted by atomic mass is 10.1. The van der Waals surface area contributed by atoms with Gasteiger partial charge in [0.1, 0.15) is 0 Å². The number of rotatable bonds is 4. The highest BCUT2D eigenvalue weighted by molar-refractivity contribution is 6.34. The number of benzene rings is 1. The minimum absolute atomic E-state index is 0.0838. The van der Waals surface area contributed by atoms with Gasteiger partial charge in [0.05, 0.1) is 10.6 Å². The van der Waals surface area contributed by atoms with Gasteiger partial charge in [-0.15, -0.1) is 0 Å². The Morgan fingerprint density at radius 1 is 1.24 bits per heavy atom. The van der Waals surface area contributed by atoms with Gasteiger partial charge in [-0.05, 0) is 31.0 Å². The minimum Gasteiger partial charge on any atom is -0.349 e. The average molecular weight is 309 g/mol. The second-order valence-electron chi connectivity index (χ2n) is 5.79. The molecule has 1 aromatic rings. The first-order valence-corrected chi connectivity index (χ1v) is 7.76. The second-order valence-corrected chi connectivity index (χ2v) is 6.20. The molecule has 0 radical (unpaired) electrons. The summed E-state index contributed by atoms with van der Waals surface area (Å²) in [5.74, 6) is -0.372. The summed E-state index contributed by atoms with van der Waals surface area (Å²) in [6.45, 7) is 3.64. The monoisotopic (exact) mass is 308 g/mol. The Morgan fingerprint density at radius 3 is 2.52 bits per heavy atom. The average Bonchev–Trinajstić information content (AvgIpc) is 2.93. The van der Waals surface area contributed by atoms with E-state index in [4.69, 9.17) is 11.6 Å². The van der Waals surface area contributed by atoms with Gasteiger partial charge in [0.2, 0.25) is 5.91 Å². The number of amides is 2. The van der Waals surface area contributed by atoms with Crippen molar-refractivity contribution in [1.29, 1.82) is 0 Å². The van der Waals surface area contributed by atoms with Crippen molar-refractivity contribution < 1.29 is 9.59 Å². The zero-order valence-electron chi connectivity index (χ0n) is 12.4. The molecule has 5 heteroatoms. The molecule has 2 amide bonds. The molecule has 1 aliphatic carbocycles. The third-order valence-corrected chi connectivity index (χ3v) is 4.02. The largest absolute Gasteiger partial charge is 0.349 e. The van der Waals surface area contributed by atoms with Gasteiger partial charge in [0.25, 0.3) is 5.91 Å². The van der Waals surface area contributed by atoms with Gasteiger partial charge >= 0.3 is 0 Å². The number of hydrogen-bond acceptors (Lipinski definition) is 2. The highest BCUT2D eigenvalue weighted by Crippen LogP contribution is 2.23. The lowest BCUT2D eigenvalue weighted by Crippen LogP contribution is -2.32. The van der Waals surface area contributed by atoms with Crippen molar-refractivity contribution in [2.45, 2.75) is 45.6 Å². The molecule has 21 heavy (non-hydrogen) atoms.